The quantitative estimate of drug-likeness (QED) is 0.820. The van der Waals surface area contributed by atoms with Gasteiger partial charge < -0.3 is 10.6 Å². The molecule has 1 aromatic rings. The molecule has 0 saturated carbocycles. The van der Waals surface area contributed by atoms with Gasteiger partial charge in [-0.2, -0.15) is 0 Å². The lowest BCUT2D eigenvalue weighted by molar-refractivity contribution is 0.625. The number of nitrogens with one attached hydrogen (secondary N) is 2. The van der Waals surface area contributed by atoms with Gasteiger partial charge in [-0.05, 0) is 31.5 Å². The summed E-state index contributed by atoms with van der Waals surface area (Å²) in [6, 6.07) is 6.51. The average Bonchev–Trinajstić information content (AvgIpc) is 2.29. The van der Waals surface area contributed by atoms with Gasteiger partial charge in [0, 0.05) is 6.04 Å². The van der Waals surface area contributed by atoms with Gasteiger partial charge in [0.25, 0.3) is 0 Å². The Morgan fingerprint density at radius 2 is 2.00 bits per heavy atom. The van der Waals surface area contributed by atoms with Crippen LogP contribution in [0.5, 0.6) is 0 Å². The van der Waals surface area contributed by atoms with Crippen molar-refractivity contribution in [3.8, 4) is 0 Å². The van der Waals surface area contributed by atoms with Crippen LogP contribution in [0.1, 0.15) is 25.6 Å². The highest BCUT2D eigenvalue weighted by molar-refractivity contribution is 5.91. The van der Waals surface area contributed by atoms with Crippen LogP contribution in [-0.4, -0.2) is 18.3 Å². The number of hydrogen-bond donors (Lipinski definition) is 2. The molecule has 4 nitrogen and oxygen atoms in total. The van der Waals surface area contributed by atoms with Crippen LogP contribution in [0.25, 0.3) is 0 Å². The molecule has 0 amide bonds. The zero-order valence-corrected chi connectivity index (χ0v) is 9.81. The van der Waals surface area contributed by atoms with Crippen molar-refractivity contribution in [1.82, 2.24) is 10.6 Å². The topological polar surface area (TPSA) is 48.8 Å². The molecule has 0 spiro atoms. The molecule has 0 aromatic heterocycles. The number of hydrogen-bond acceptors (Lipinski definition) is 4. The van der Waals surface area contributed by atoms with Crippen molar-refractivity contribution in [2.75, 3.05) is 0 Å². The second kappa shape index (κ2) is 4.95. The Hall–Kier alpha value is -1.91. The summed E-state index contributed by atoms with van der Waals surface area (Å²) in [6.45, 7) is 4.06. The third-order valence-corrected chi connectivity index (χ3v) is 2.26. The van der Waals surface area contributed by atoms with Gasteiger partial charge in [-0.3, -0.25) is 0 Å². The molecule has 1 heterocycles. The molecular formula is C12H15FN4. The van der Waals surface area contributed by atoms with Crippen molar-refractivity contribution in [3.63, 3.8) is 0 Å². The second-order valence-corrected chi connectivity index (χ2v) is 4.12. The van der Waals surface area contributed by atoms with Gasteiger partial charge in [0.1, 0.15) is 5.82 Å². The van der Waals surface area contributed by atoms with Crippen LogP contribution >= 0.6 is 0 Å². The molecule has 5 heteroatoms. The van der Waals surface area contributed by atoms with Gasteiger partial charge in [0.15, 0.2) is 12.1 Å². The molecule has 2 N–H and O–H groups in total. The fraction of sp³-hybridized carbons (Fsp3) is 0.333. The summed E-state index contributed by atoms with van der Waals surface area (Å²) >= 11 is 0. The first-order valence-corrected chi connectivity index (χ1v) is 5.53. The molecule has 1 aliphatic rings. The third kappa shape index (κ3) is 3.03. The summed E-state index contributed by atoms with van der Waals surface area (Å²) in [6.07, 6.45) is 1.30. The van der Waals surface area contributed by atoms with Gasteiger partial charge in [-0.25, -0.2) is 14.4 Å². The van der Waals surface area contributed by atoms with Crippen molar-refractivity contribution in [2.24, 2.45) is 9.98 Å². The number of halogens is 1. The summed E-state index contributed by atoms with van der Waals surface area (Å²) in [4.78, 5) is 8.60. The van der Waals surface area contributed by atoms with Crippen LogP contribution in [0, 0.1) is 5.82 Å². The first kappa shape index (κ1) is 11.6. The SMILES string of the molecule is CC(C)NC1=NC(c2ccc(F)cc2)N=CN1. The zero-order chi connectivity index (χ0) is 12.3. The molecule has 0 saturated heterocycles. The highest BCUT2D eigenvalue weighted by atomic mass is 19.1. The normalized spacial score (nSPS) is 18.8. The Bertz CT molecular complexity index is 436. The van der Waals surface area contributed by atoms with Crippen LogP contribution in [0.3, 0.4) is 0 Å². The van der Waals surface area contributed by atoms with Crippen molar-refractivity contribution < 1.29 is 4.39 Å². The maximum Gasteiger partial charge on any atom is 0.199 e. The Balaban J connectivity index is 2.15. The summed E-state index contributed by atoms with van der Waals surface area (Å²) in [5.41, 5.74) is 0.868. The van der Waals surface area contributed by atoms with Crippen molar-refractivity contribution in [2.45, 2.75) is 26.1 Å². The molecule has 1 aliphatic heterocycles. The molecule has 90 valence electrons. The van der Waals surface area contributed by atoms with E-state index in [4.69, 9.17) is 0 Å². The summed E-state index contributed by atoms with van der Waals surface area (Å²) in [7, 11) is 0. The van der Waals surface area contributed by atoms with Crippen LogP contribution in [0.4, 0.5) is 4.39 Å². The van der Waals surface area contributed by atoms with E-state index in [2.05, 4.69) is 20.6 Å². The minimum atomic E-state index is -0.307. The lowest BCUT2D eigenvalue weighted by atomic mass is 10.2. The number of nitrogens with zero attached hydrogens (tertiary/aromatic N) is 2. The Morgan fingerprint density at radius 3 is 2.65 bits per heavy atom. The van der Waals surface area contributed by atoms with E-state index in [1.165, 1.54) is 12.1 Å². The van der Waals surface area contributed by atoms with Crippen molar-refractivity contribution >= 4 is 12.3 Å². The van der Waals surface area contributed by atoms with E-state index in [1.54, 1.807) is 18.5 Å². The van der Waals surface area contributed by atoms with Crippen LogP contribution in [0.15, 0.2) is 34.3 Å². The van der Waals surface area contributed by atoms with E-state index in [0.29, 0.717) is 12.0 Å². The highest BCUT2D eigenvalue weighted by Crippen LogP contribution is 2.19. The van der Waals surface area contributed by atoms with Gasteiger partial charge in [0.05, 0.1) is 6.34 Å². The first-order valence-electron chi connectivity index (χ1n) is 5.53. The number of guanidine groups is 1. The molecule has 0 aliphatic carbocycles. The minimum Gasteiger partial charge on any atom is -0.354 e. The molecule has 17 heavy (non-hydrogen) atoms. The molecular weight excluding hydrogens is 219 g/mol. The fourth-order valence-corrected chi connectivity index (χ4v) is 1.51. The van der Waals surface area contributed by atoms with E-state index in [0.717, 1.165) is 5.56 Å². The monoisotopic (exact) mass is 234 g/mol. The zero-order valence-electron chi connectivity index (χ0n) is 9.81. The molecule has 1 unspecified atom stereocenters. The van der Waals surface area contributed by atoms with Crippen LogP contribution < -0.4 is 10.6 Å². The van der Waals surface area contributed by atoms with E-state index in [9.17, 15) is 4.39 Å². The van der Waals surface area contributed by atoms with Gasteiger partial charge in [0.2, 0.25) is 0 Å². The fourth-order valence-electron chi connectivity index (χ4n) is 1.51. The largest absolute Gasteiger partial charge is 0.354 e. The minimum absolute atomic E-state index is 0.254. The van der Waals surface area contributed by atoms with E-state index >= 15 is 0 Å². The average molecular weight is 234 g/mol. The lowest BCUT2D eigenvalue weighted by Crippen LogP contribution is -2.42. The smallest absolute Gasteiger partial charge is 0.199 e. The number of benzene rings is 1. The summed E-state index contributed by atoms with van der Waals surface area (Å²) in [5.74, 6) is 0.431. The van der Waals surface area contributed by atoms with Crippen molar-refractivity contribution in [3.05, 3.63) is 35.6 Å². The Kier molecular flexibility index (Phi) is 3.37. The third-order valence-electron chi connectivity index (χ3n) is 2.26. The molecule has 0 radical (unpaired) electrons. The predicted octanol–water partition coefficient (Wildman–Crippen LogP) is 1.81. The van der Waals surface area contributed by atoms with Gasteiger partial charge >= 0.3 is 0 Å². The maximum atomic E-state index is 12.8. The molecule has 0 bridgehead atoms. The van der Waals surface area contributed by atoms with Crippen molar-refractivity contribution in [1.29, 1.82) is 0 Å². The van der Waals surface area contributed by atoms with E-state index in [-0.39, 0.29) is 12.0 Å². The van der Waals surface area contributed by atoms with Crippen LogP contribution in [-0.2, 0) is 0 Å². The lowest BCUT2D eigenvalue weighted by Gasteiger charge is -2.19. The number of rotatable bonds is 2. The highest BCUT2D eigenvalue weighted by Gasteiger charge is 2.13. The van der Waals surface area contributed by atoms with Crippen LogP contribution in [0.2, 0.25) is 0 Å². The predicted molar refractivity (Wildman–Crippen MR) is 66.5 cm³/mol. The summed E-state index contributed by atoms with van der Waals surface area (Å²) < 4.78 is 12.8. The Morgan fingerprint density at radius 1 is 1.29 bits per heavy atom. The van der Waals surface area contributed by atoms with E-state index < -0.39 is 0 Å². The molecule has 2 rings (SSSR count). The standard InChI is InChI=1S/C12H15FN4/c1-8(2)16-12-15-7-14-11(17-12)9-3-5-10(13)6-4-9/h3-8,11H,1-2H3,(H2,14,15,16,17). The molecule has 1 aromatic carbocycles. The maximum absolute atomic E-state index is 12.8. The Labute approximate surface area is 99.7 Å². The van der Waals surface area contributed by atoms with Gasteiger partial charge in [-0.1, -0.05) is 12.1 Å². The summed E-state index contributed by atoms with van der Waals surface area (Å²) in [5, 5.41) is 6.10. The second-order valence-electron chi connectivity index (χ2n) is 4.12. The first-order chi connectivity index (χ1) is 8.15. The van der Waals surface area contributed by atoms with E-state index in [1.807, 2.05) is 13.8 Å². The number of aliphatic imine (C=N–C) groups is 2. The molecule has 1 atom stereocenters. The molecule has 0 fully saturated rings. The van der Waals surface area contributed by atoms with Gasteiger partial charge in [-0.15, -0.1) is 0 Å².